The van der Waals surface area contributed by atoms with Gasteiger partial charge in [0, 0.05) is 7.11 Å². The topological polar surface area (TPSA) is 47.6 Å². The van der Waals surface area contributed by atoms with Crippen molar-refractivity contribution in [2.24, 2.45) is 0 Å². The van der Waals surface area contributed by atoms with Gasteiger partial charge in [0.15, 0.2) is 0 Å². The fourth-order valence-corrected chi connectivity index (χ4v) is 3.20. The molecule has 1 heterocycles. The minimum Gasteiger partial charge on any atom is -0.447 e. The average Bonchev–Trinajstić information content (AvgIpc) is 2.94. The van der Waals surface area contributed by atoms with E-state index >= 15 is 0 Å². The molecule has 4 heteroatoms. The zero-order valence-corrected chi connectivity index (χ0v) is 11.8. The molecule has 0 radical (unpaired) electrons. The van der Waals surface area contributed by atoms with Crippen molar-refractivity contribution in [2.45, 2.75) is 43.7 Å². The standard InChI is InChI=1S/C16H21NO3/c1-19-14-8-6-12(7-9-14)11-2-4-13(5-3-11)15-10-20-16(18)17-15/h2-5,12,14-15H,6-10H2,1H3,(H,17,18). The molecule has 2 aliphatic rings. The first-order chi connectivity index (χ1) is 9.76. The van der Waals surface area contributed by atoms with E-state index in [0.29, 0.717) is 18.6 Å². The lowest BCUT2D eigenvalue weighted by Gasteiger charge is -2.28. The van der Waals surface area contributed by atoms with Crippen LogP contribution in [0.3, 0.4) is 0 Å². The molecule has 1 aromatic rings. The van der Waals surface area contributed by atoms with Crippen LogP contribution in [0.25, 0.3) is 0 Å². The third kappa shape index (κ3) is 2.80. The van der Waals surface area contributed by atoms with Gasteiger partial charge in [0.25, 0.3) is 0 Å². The Kier molecular flexibility index (Phi) is 3.92. The molecule has 108 valence electrons. The summed E-state index contributed by atoms with van der Waals surface area (Å²) in [5, 5.41) is 2.80. The maximum atomic E-state index is 11.1. The number of ether oxygens (including phenoxy) is 2. The van der Waals surface area contributed by atoms with E-state index in [2.05, 4.69) is 29.6 Å². The Morgan fingerprint density at radius 1 is 1.10 bits per heavy atom. The van der Waals surface area contributed by atoms with Crippen LogP contribution in [0.4, 0.5) is 4.79 Å². The zero-order valence-electron chi connectivity index (χ0n) is 11.8. The number of nitrogens with one attached hydrogen (secondary N) is 1. The molecule has 20 heavy (non-hydrogen) atoms. The smallest absolute Gasteiger partial charge is 0.407 e. The highest BCUT2D eigenvalue weighted by Crippen LogP contribution is 2.34. The summed E-state index contributed by atoms with van der Waals surface area (Å²) in [6, 6.07) is 8.60. The van der Waals surface area contributed by atoms with Gasteiger partial charge >= 0.3 is 6.09 Å². The van der Waals surface area contributed by atoms with Crippen molar-refractivity contribution in [3.8, 4) is 0 Å². The predicted molar refractivity (Wildman–Crippen MR) is 75.7 cm³/mol. The van der Waals surface area contributed by atoms with E-state index in [4.69, 9.17) is 9.47 Å². The van der Waals surface area contributed by atoms with Crippen molar-refractivity contribution in [3.05, 3.63) is 35.4 Å². The SMILES string of the molecule is COC1CCC(c2ccc(C3COC(=O)N3)cc2)CC1. The van der Waals surface area contributed by atoms with Crippen LogP contribution in [0.5, 0.6) is 0 Å². The number of amides is 1. The van der Waals surface area contributed by atoms with Gasteiger partial charge in [-0.2, -0.15) is 0 Å². The largest absolute Gasteiger partial charge is 0.447 e. The summed E-state index contributed by atoms with van der Waals surface area (Å²) in [4.78, 5) is 11.1. The summed E-state index contributed by atoms with van der Waals surface area (Å²) < 4.78 is 10.3. The van der Waals surface area contributed by atoms with Crippen LogP contribution < -0.4 is 5.32 Å². The van der Waals surface area contributed by atoms with Gasteiger partial charge in [0.05, 0.1) is 12.1 Å². The Morgan fingerprint density at radius 3 is 2.30 bits per heavy atom. The normalized spacial score (nSPS) is 29.9. The van der Waals surface area contributed by atoms with Crippen LogP contribution in [0.2, 0.25) is 0 Å². The second-order valence-corrected chi connectivity index (χ2v) is 5.67. The van der Waals surface area contributed by atoms with Crippen LogP contribution >= 0.6 is 0 Å². The van der Waals surface area contributed by atoms with Crippen molar-refractivity contribution in [3.63, 3.8) is 0 Å². The Hall–Kier alpha value is -1.55. The minimum absolute atomic E-state index is 0.000720. The van der Waals surface area contributed by atoms with Crippen molar-refractivity contribution in [1.29, 1.82) is 0 Å². The molecule has 4 nitrogen and oxygen atoms in total. The van der Waals surface area contributed by atoms with Crippen molar-refractivity contribution < 1.29 is 14.3 Å². The molecular formula is C16H21NO3. The molecular weight excluding hydrogens is 254 g/mol. The summed E-state index contributed by atoms with van der Waals surface area (Å²) >= 11 is 0. The van der Waals surface area contributed by atoms with Gasteiger partial charge in [-0.1, -0.05) is 24.3 Å². The Labute approximate surface area is 119 Å². The predicted octanol–water partition coefficient (Wildman–Crippen LogP) is 3.14. The Morgan fingerprint density at radius 2 is 1.75 bits per heavy atom. The fourth-order valence-electron chi connectivity index (χ4n) is 3.20. The molecule has 1 aliphatic carbocycles. The minimum atomic E-state index is -0.322. The molecule has 0 bridgehead atoms. The van der Waals surface area contributed by atoms with E-state index in [1.807, 2.05) is 0 Å². The molecule has 1 unspecified atom stereocenters. The van der Waals surface area contributed by atoms with Crippen LogP contribution in [0.15, 0.2) is 24.3 Å². The first-order valence-electron chi connectivity index (χ1n) is 7.32. The summed E-state index contributed by atoms with van der Waals surface area (Å²) in [7, 11) is 1.80. The molecule has 0 spiro atoms. The van der Waals surface area contributed by atoms with Crippen molar-refractivity contribution in [1.82, 2.24) is 5.32 Å². The summed E-state index contributed by atoms with van der Waals surface area (Å²) in [5.41, 5.74) is 2.51. The molecule has 1 aromatic carbocycles. The fraction of sp³-hybridized carbons (Fsp3) is 0.562. The number of alkyl carbamates (subject to hydrolysis) is 1. The second kappa shape index (κ2) is 5.83. The van der Waals surface area contributed by atoms with Gasteiger partial charge in [-0.25, -0.2) is 4.79 Å². The van der Waals surface area contributed by atoms with Gasteiger partial charge in [-0.15, -0.1) is 0 Å². The zero-order chi connectivity index (χ0) is 13.9. The van der Waals surface area contributed by atoms with Crippen LogP contribution in [-0.4, -0.2) is 25.9 Å². The number of carbonyl (C=O) groups is 1. The van der Waals surface area contributed by atoms with Crippen LogP contribution in [-0.2, 0) is 9.47 Å². The summed E-state index contributed by atoms with van der Waals surface area (Å²) in [6.45, 7) is 0.428. The highest BCUT2D eigenvalue weighted by Gasteiger charge is 2.25. The van der Waals surface area contributed by atoms with Gasteiger partial charge in [-0.3, -0.25) is 0 Å². The molecule has 1 saturated carbocycles. The third-order valence-corrected chi connectivity index (χ3v) is 4.49. The number of hydrogen-bond donors (Lipinski definition) is 1. The molecule has 1 atom stereocenters. The lowest BCUT2D eigenvalue weighted by atomic mass is 9.82. The first-order valence-corrected chi connectivity index (χ1v) is 7.32. The maximum absolute atomic E-state index is 11.1. The number of carbonyl (C=O) groups excluding carboxylic acids is 1. The quantitative estimate of drug-likeness (QED) is 0.922. The van der Waals surface area contributed by atoms with E-state index in [-0.39, 0.29) is 12.1 Å². The molecule has 3 rings (SSSR count). The molecule has 2 fully saturated rings. The van der Waals surface area contributed by atoms with Crippen molar-refractivity contribution >= 4 is 6.09 Å². The maximum Gasteiger partial charge on any atom is 0.407 e. The van der Waals surface area contributed by atoms with E-state index in [0.717, 1.165) is 18.4 Å². The van der Waals surface area contributed by atoms with E-state index < -0.39 is 0 Å². The Bertz CT molecular complexity index is 463. The Balaban J connectivity index is 1.63. The monoisotopic (exact) mass is 275 g/mol. The van der Waals surface area contributed by atoms with E-state index in [9.17, 15) is 4.79 Å². The highest BCUT2D eigenvalue weighted by molar-refractivity contribution is 5.70. The second-order valence-electron chi connectivity index (χ2n) is 5.67. The lowest BCUT2D eigenvalue weighted by Crippen LogP contribution is -2.20. The van der Waals surface area contributed by atoms with Gasteiger partial charge in [-0.05, 0) is 42.7 Å². The average molecular weight is 275 g/mol. The molecule has 0 aromatic heterocycles. The van der Waals surface area contributed by atoms with Gasteiger partial charge in [0.2, 0.25) is 0 Å². The lowest BCUT2D eigenvalue weighted by molar-refractivity contribution is 0.0658. The number of rotatable bonds is 3. The van der Waals surface area contributed by atoms with Crippen molar-refractivity contribution in [2.75, 3.05) is 13.7 Å². The van der Waals surface area contributed by atoms with Crippen LogP contribution in [0.1, 0.15) is 48.8 Å². The number of hydrogen-bond acceptors (Lipinski definition) is 3. The summed E-state index contributed by atoms with van der Waals surface area (Å²) in [5.74, 6) is 0.643. The van der Waals surface area contributed by atoms with Gasteiger partial charge in [0.1, 0.15) is 6.61 Å². The van der Waals surface area contributed by atoms with Gasteiger partial charge < -0.3 is 14.8 Å². The molecule has 1 aliphatic heterocycles. The third-order valence-electron chi connectivity index (χ3n) is 4.49. The molecule has 1 saturated heterocycles. The van der Waals surface area contributed by atoms with E-state index in [1.165, 1.54) is 18.4 Å². The molecule has 1 amide bonds. The highest BCUT2D eigenvalue weighted by atomic mass is 16.6. The van der Waals surface area contributed by atoms with Crippen LogP contribution in [0, 0.1) is 0 Å². The number of methoxy groups -OCH3 is 1. The van der Waals surface area contributed by atoms with E-state index in [1.54, 1.807) is 7.11 Å². The first kappa shape index (κ1) is 13.4. The number of cyclic esters (lactones) is 1. The summed E-state index contributed by atoms with van der Waals surface area (Å²) in [6.07, 6.45) is 4.81. The number of benzene rings is 1. The molecule has 1 N–H and O–H groups in total.